The Hall–Kier alpha value is -2.95. The van der Waals surface area contributed by atoms with Crippen molar-refractivity contribution in [3.8, 4) is 0 Å². The lowest BCUT2D eigenvalue weighted by atomic mass is 9.96. The minimum absolute atomic E-state index is 0.0507. The van der Waals surface area contributed by atoms with E-state index in [2.05, 4.69) is 5.32 Å². The van der Waals surface area contributed by atoms with Gasteiger partial charge >= 0.3 is 0 Å². The van der Waals surface area contributed by atoms with E-state index < -0.39 is 11.9 Å². The van der Waals surface area contributed by atoms with Crippen molar-refractivity contribution >= 4 is 17.6 Å². The Labute approximate surface area is 172 Å². The quantitative estimate of drug-likeness (QED) is 0.763. The Balaban J connectivity index is 1.84. The zero-order chi connectivity index (χ0) is 21.0. The maximum absolute atomic E-state index is 13.1. The molecule has 0 aliphatic carbocycles. The fraction of sp³-hybridized carbons (Fsp3) is 0.375. The summed E-state index contributed by atoms with van der Waals surface area (Å²) in [6.45, 7) is 6.61. The van der Waals surface area contributed by atoms with E-state index in [1.54, 1.807) is 48.5 Å². The molecular formula is C24H28N2O3. The second-order valence-corrected chi connectivity index (χ2v) is 7.96. The molecule has 0 bridgehead atoms. The largest absolute Gasteiger partial charge is 0.340 e. The van der Waals surface area contributed by atoms with Crippen LogP contribution in [-0.2, 0) is 4.79 Å². The van der Waals surface area contributed by atoms with Gasteiger partial charge in [-0.15, -0.1) is 0 Å². The lowest BCUT2D eigenvalue weighted by Gasteiger charge is -2.29. The number of hydrogen-bond acceptors (Lipinski definition) is 3. The molecule has 2 unspecified atom stereocenters. The number of likely N-dealkylation sites (tertiary alicyclic amines) is 1. The number of rotatable bonds is 6. The first-order valence-electron chi connectivity index (χ1n) is 10.2. The minimum Gasteiger partial charge on any atom is -0.340 e. The summed E-state index contributed by atoms with van der Waals surface area (Å²) < 4.78 is 0. The van der Waals surface area contributed by atoms with Crippen LogP contribution in [0.4, 0.5) is 0 Å². The Kier molecular flexibility index (Phi) is 6.47. The van der Waals surface area contributed by atoms with Crippen LogP contribution in [0.15, 0.2) is 54.6 Å². The van der Waals surface area contributed by atoms with Crippen LogP contribution in [0.1, 0.15) is 59.9 Å². The molecular weight excluding hydrogens is 364 g/mol. The van der Waals surface area contributed by atoms with E-state index in [1.165, 1.54) is 0 Å². The topological polar surface area (TPSA) is 66.5 Å². The molecule has 0 radical (unpaired) electrons. The first-order valence-corrected chi connectivity index (χ1v) is 10.2. The van der Waals surface area contributed by atoms with Crippen LogP contribution in [0.5, 0.6) is 0 Å². The van der Waals surface area contributed by atoms with Crippen molar-refractivity contribution in [1.82, 2.24) is 10.2 Å². The molecule has 152 valence electrons. The van der Waals surface area contributed by atoms with Gasteiger partial charge in [0.15, 0.2) is 5.78 Å². The summed E-state index contributed by atoms with van der Waals surface area (Å²) in [4.78, 5) is 40.9. The predicted octanol–water partition coefficient (Wildman–Crippen LogP) is 3.68. The van der Waals surface area contributed by atoms with E-state index >= 15 is 0 Å². The molecule has 1 aliphatic rings. The van der Waals surface area contributed by atoms with Crippen molar-refractivity contribution < 1.29 is 14.4 Å². The smallest absolute Gasteiger partial charge is 0.252 e. The van der Waals surface area contributed by atoms with E-state index in [0.717, 1.165) is 19.4 Å². The standard InChI is InChI=1S/C24H28N2O3/c1-16(2)21(24(29)26-15-9-10-17(26)3)25-23(28)20-14-8-7-13-19(20)22(27)18-11-5-4-6-12-18/h4-8,11-14,16-17,21H,9-10,15H2,1-3H3,(H,25,28). The Morgan fingerprint density at radius 2 is 1.59 bits per heavy atom. The van der Waals surface area contributed by atoms with E-state index in [4.69, 9.17) is 0 Å². The lowest BCUT2D eigenvalue weighted by Crippen LogP contribution is -2.52. The Morgan fingerprint density at radius 3 is 2.17 bits per heavy atom. The number of benzene rings is 2. The molecule has 1 saturated heterocycles. The van der Waals surface area contributed by atoms with Gasteiger partial charge in [0.1, 0.15) is 6.04 Å². The zero-order valence-corrected chi connectivity index (χ0v) is 17.2. The SMILES string of the molecule is CC(C)C(NC(=O)c1ccccc1C(=O)c1ccccc1)C(=O)N1CCCC1C. The number of hydrogen-bond donors (Lipinski definition) is 1. The third kappa shape index (κ3) is 4.56. The fourth-order valence-electron chi connectivity index (χ4n) is 3.80. The second-order valence-electron chi connectivity index (χ2n) is 7.96. The van der Waals surface area contributed by atoms with Crippen molar-refractivity contribution in [3.05, 3.63) is 71.3 Å². The molecule has 1 fully saturated rings. The van der Waals surface area contributed by atoms with Gasteiger partial charge in [-0.3, -0.25) is 14.4 Å². The number of amides is 2. The number of nitrogens with one attached hydrogen (secondary N) is 1. The normalized spacial score (nSPS) is 17.2. The molecule has 0 aromatic heterocycles. The van der Waals surface area contributed by atoms with Gasteiger partial charge in [0.2, 0.25) is 5.91 Å². The predicted molar refractivity (Wildman–Crippen MR) is 113 cm³/mol. The van der Waals surface area contributed by atoms with Crippen LogP contribution in [0.2, 0.25) is 0 Å². The highest BCUT2D eigenvalue weighted by atomic mass is 16.2. The van der Waals surface area contributed by atoms with Crippen LogP contribution in [0, 0.1) is 5.92 Å². The molecule has 5 heteroatoms. The van der Waals surface area contributed by atoms with Gasteiger partial charge in [-0.2, -0.15) is 0 Å². The summed E-state index contributed by atoms with van der Waals surface area (Å²) in [5.74, 6) is -0.720. The van der Waals surface area contributed by atoms with Gasteiger partial charge in [-0.05, 0) is 31.7 Å². The summed E-state index contributed by atoms with van der Waals surface area (Å²) in [7, 11) is 0. The van der Waals surface area contributed by atoms with Crippen molar-refractivity contribution in [2.75, 3.05) is 6.54 Å². The Morgan fingerprint density at radius 1 is 0.966 bits per heavy atom. The highest BCUT2D eigenvalue weighted by Gasteiger charge is 2.34. The molecule has 2 amide bonds. The molecule has 0 saturated carbocycles. The summed E-state index contributed by atoms with van der Waals surface area (Å²) >= 11 is 0. The molecule has 1 heterocycles. The first kappa shape index (κ1) is 20.8. The van der Waals surface area contributed by atoms with Gasteiger partial charge in [-0.1, -0.05) is 62.4 Å². The summed E-state index contributed by atoms with van der Waals surface area (Å²) in [6.07, 6.45) is 1.97. The van der Waals surface area contributed by atoms with E-state index in [9.17, 15) is 14.4 Å². The fourth-order valence-corrected chi connectivity index (χ4v) is 3.80. The molecule has 0 spiro atoms. The summed E-state index contributed by atoms with van der Waals surface area (Å²) in [5, 5.41) is 2.89. The summed E-state index contributed by atoms with van der Waals surface area (Å²) in [6, 6.07) is 15.2. The van der Waals surface area contributed by atoms with Crippen LogP contribution >= 0.6 is 0 Å². The molecule has 2 atom stereocenters. The third-order valence-corrected chi connectivity index (χ3v) is 5.51. The lowest BCUT2D eigenvalue weighted by molar-refractivity contribution is -0.134. The van der Waals surface area contributed by atoms with Crippen LogP contribution in [0.3, 0.4) is 0 Å². The van der Waals surface area contributed by atoms with Gasteiger partial charge < -0.3 is 10.2 Å². The minimum atomic E-state index is -0.622. The average molecular weight is 392 g/mol. The maximum Gasteiger partial charge on any atom is 0.252 e. The average Bonchev–Trinajstić information content (AvgIpc) is 3.17. The van der Waals surface area contributed by atoms with Crippen molar-refractivity contribution in [2.24, 2.45) is 5.92 Å². The van der Waals surface area contributed by atoms with Gasteiger partial charge in [0, 0.05) is 23.7 Å². The van der Waals surface area contributed by atoms with Crippen LogP contribution < -0.4 is 5.32 Å². The maximum atomic E-state index is 13.1. The molecule has 5 nitrogen and oxygen atoms in total. The first-order chi connectivity index (χ1) is 13.9. The summed E-state index contributed by atoms with van der Waals surface area (Å²) in [5.41, 5.74) is 1.14. The number of carbonyl (C=O) groups is 3. The monoisotopic (exact) mass is 392 g/mol. The Bertz CT molecular complexity index is 892. The van der Waals surface area contributed by atoms with Crippen LogP contribution in [-0.4, -0.2) is 41.1 Å². The molecule has 1 aliphatic heterocycles. The van der Waals surface area contributed by atoms with Gasteiger partial charge in [0.05, 0.1) is 5.56 Å². The van der Waals surface area contributed by atoms with E-state index in [-0.39, 0.29) is 29.2 Å². The van der Waals surface area contributed by atoms with Crippen LogP contribution in [0.25, 0.3) is 0 Å². The molecule has 2 aromatic rings. The van der Waals surface area contributed by atoms with E-state index in [1.807, 2.05) is 31.7 Å². The molecule has 2 aromatic carbocycles. The van der Waals surface area contributed by atoms with Crippen molar-refractivity contribution in [1.29, 1.82) is 0 Å². The molecule has 3 rings (SSSR count). The second kappa shape index (κ2) is 9.03. The number of ketones is 1. The number of nitrogens with zero attached hydrogens (tertiary/aromatic N) is 1. The molecule has 29 heavy (non-hydrogen) atoms. The number of carbonyl (C=O) groups excluding carboxylic acids is 3. The third-order valence-electron chi connectivity index (χ3n) is 5.51. The van der Waals surface area contributed by atoms with Crippen molar-refractivity contribution in [2.45, 2.75) is 45.7 Å². The van der Waals surface area contributed by atoms with Crippen molar-refractivity contribution in [3.63, 3.8) is 0 Å². The highest BCUT2D eigenvalue weighted by Crippen LogP contribution is 2.20. The van der Waals surface area contributed by atoms with Gasteiger partial charge in [-0.25, -0.2) is 0 Å². The molecule has 1 N–H and O–H groups in total. The zero-order valence-electron chi connectivity index (χ0n) is 17.2. The highest BCUT2D eigenvalue weighted by molar-refractivity contribution is 6.15. The van der Waals surface area contributed by atoms with Gasteiger partial charge in [0.25, 0.3) is 5.91 Å². The van der Waals surface area contributed by atoms with E-state index in [0.29, 0.717) is 11.1 Å².